The van der Waals surface area contributed by atoms with Crippen LogP contribution in [0.15, 0.2) is 72.0 Å². The van der Waals surface area contributed by atoms with Crippen LogP contribution < -0.4 is 4.90 Å². The number of carbonyl (C=O) groups is 1. The zero-order chi connectivity index (χ0) is 21.9. The Morgan fingerprint density at radius 2 is 1.84 bits per heavy atom. The molecule has 0 fully saturated rings. The minimum absolute atomic E-state index is 0.0783. The molecule has 0 radical (unpaired) electrons. The van der Waals surface area contributed by atoms with Gasteiger partial charge in [-0.25, -0.2) is 9.97 Å². The van der Waals surface area contributed by atoms with E-state index in [4.69, 9.17) is 0 Å². The van der Waals surface area contributed by atoms with E-state index in [0.29, 0.717) is 12.3 Å². The number of aryl methyl sites for hydroxylation is 1. The van der Waals surface area contributed by atoms with Crippen LogP contribution in [0.25, 0.3) is 10.2 Å². The molecule has 0 saturated carbocycles. The zero-order valence-electron chi connectivity index (χ0n) is 18.0. The second kappa shape index (κ2) is 9.43. The highest BCUT2D eigenvalue weighted by Gasteiger charge is 2.24. The number of amides is 1. The Labute approximate surface area is 196 Å². The highest BCUT2D eigenvalue weighted by atomic mass is 32.2. The normalized spacial score (nSPS) is 15.5. The van der Waals surface area contributed by atoms with E-state index >= 15 is 0 Å². The zero-order valence-corrected chi connectivity index (χ0v) is 19.7. The molecule has 1 aliphatic rings. The van der Waals surface area contributed by atoms with Crippen LogP contribution in [-0.2, 0) is 24.2 Å². The highest BCUT2D eigenvalue weighted by Crippen LogP contribution is 2.40. The summed E-state index contributed by atoms with van der Waals surface area (Å²) in [5.41, 5.74) is 3.43. The molecule has 1 atom stereocenters. The number of hydrogen-bond donors (Lipinski definition) is 0. The van der Waals surface area contributed by atoms with Gasteiger partial charge < -0.3 is 4.90 Å². The fourth-order valence-corrected chi connectivity index (χ4v) is 6.58. The number of hydrogen-bond acceptors (Lipinski definition) is 5. The smallest absolute Gasteiger partial charge is 0.237 e. The summed E-state index contributed by atoms with van der Waals surface area (Å²) >= 11 is 3.33. The Hall–Kier alpha value is -2.70. The topological polar surface area (TPSA) is 46.1 Å². The standard InChI is InChI=1S/C26H25N3OS2/c1-18-12-13-21-22(14-18)32-26-24(21)25(27-17-28-26)31-16-23(30)29(20-10-6-3-7-11-20)15-19-8-4-2-5-9-19/h2-11,17-18H,12-16H2,1H3/t18-/m0/s1. The average Bonchev–Trinajstić information content (AvgIpc) is 3.20. The quantitative estimate of drug-likeness (QED) is 0.257. The number of benzene rings is 2. The monoisotopic (exact) mass is 459 g/mol. The van der Waals surface area contributed by atoms with Crippen molar-refractivity contribution in [2.24, 2.45) is 5.92 Å². The van der Waals surface area contributed by atoms with Gasteiger partial charge in [-0.3, -0.25) is 4.79 Å². The lowest BCUT2D eigenvalue weighted by Gasteiger charge is -2.23. The van der Waals surface area contributed by atoms with E-state index in [0.717, 1.165) is 39.9 Å². The Bertz CT molecular complexity index is 1220. The van der Waals surface area contributed by atoms with Gasteiger partial charge in [-0.1, -0.05) is 67.2 Å². The van der Waals surface area contributed by atoms with E-state index in [9.17, 15) is 4.79 Å². The van der Waals surface area contributed by atoms with E-state index in [-0.39, 0.29) is 5.91 Å². The van der Waals surface area contributed by atoms with E-state index in [2.05, 4.69) is 29.0 Å². The molecule has 0 spiro atoms. The van der Waals surface area contributed by atoms with E-state index in [1.165, 1.54) is 34.0 Å². The molecule has 4 nitrogen and oxygen atoms in total. The molecular weight excluding hydrogens is 434 g/mol. The summed E-state index contributed by atoms with van der Waals surface area (Å²) in [5, 5.41) is 2.11. The molecule has 2 aromatic carbocycles. The van der Waals surface area contributed by atoms with Crippen LogP contribution in [0.2, 0.25) is 0 Å². The van der Waals surface area contributed by atoms with Crippen molar-refractivity contribution < 1.29 is 4.79 Å². The summed E-state index contributed by atoms with van der Waals surface area (Å²) in [5.74, 6) is 1.14. The van der Waals surface area contributed by atoms with Gasteiger partial charge in [0.15, 0.2) is 0 Å². The molecule has 32 heavy (non-hydrogen) atoms. The molecule has 1 amide bonds. The van der Waals surface area contributed by atoms with Crippen LogP contribution in [0.3, 0.4) is 0 Å². The first-order valence-electron chi connectivity index (χ1n) is 11.0. The van der Waals surface area contributed by atoms with Crippen LogP contribution in [0.5, 0.6) is 0 Å². The first-order chi connectivity index (χ1) is 15.7. The highest BCUT2D eigenvalue weighted by molar-refractivity contribution is 8.00. The van der Waals surface area contributed by atoms with Crippen LogP contribution in [-0.4, -0.2) is 21.6 Å². The second-order valence-corrected chi connectivity index (χ2v) is 10.3. The predicted octanol–water partition coefficient (Wildman–Crippen LogP) is 6.14. The fraction of sp³-hybridized carbons (Fsp3) is 0.269. The first-order valence-corrected chi connectivity index (χ1v) is 12.8. The van der Waals surface area contributed by atoms with Gasteiger partial charge in [-0.15, -0.1) is 11.3 Å². The van der Waals surface area contributed by atoms with Crippen molar-refractivity contribution in [2.45, 2.75) is 37.8 Å². The van der Waals surface area contributed by atoms with Gasteiger partial charge in [0.25, 0.3) is 0 Å². The molecule has 0 bridgehead atoms. The van der Waals surface area contributed by atoms with Crippen molar-refractivity contribution in [1.29, 1.82) is 0 Å². The number of thiophene rings is 1. The molecule has 6 heteroatoms. The summed E-state index contributed by atoms with van der Waals surface area (Å²) in [6.07, 6.45) is 5.04. The van der Waals surface area contributed by atoms with Gasteiger partial charge in [0, 0.05) is 16.0 Å². The van der Waals surface area contributed by atoms with E-state index in [1.54, 1.807) is 17.7 Å². The number of anilines is 1. The molecule has 1 aliphatic carbocycles. The number of nitrogens with zero attached hydrogens (tertiary/aromatic N) is 3. The average molecular weight is 460 g/mol. The molecule has 2 aromatic heterocycles. The number of aromatic nitrogens is 2. The van der Waals surface area contributed by atoms with Crippen molar-refractivity contribution in [2.75, 3.05) is 10.7 Å². The Balaban J connectivity index is 1.39. The lowest BCUT2D eigenvalue weighted by atomic mass is 9.89. The number of fused-ring (bicyclic) bond motifs is 3. The third-order valence-electron chi connectivity index (χ3n) is 5.94. The van der Waals surface area contributed by atoms with Crippen molar-refractivity contribution in [3.8, 4) is 0 Å². The number of para-hydroxylation sites is 1. The molecule has 0 unspecified atom stereocenters. The van der Waals surface area contributed by atoms with Gasteiger partial charge in [-0.05, 0) is 48.4 Å². The Kier molecular flexibility index (Phi) is 6.23. The molecule has 4 aromatic rings. The van der Waals surface area contributed by atoms with Crippen molar-refractivity contribution in [3.05, 3.63) is 83.0 Å². The van der Waals surface area contributed by atoms with Crippen LogP contribution in [0, 0.1) is 5.92 Å². The molecule has 0 N–H and O–H groups in total. The molecular formula is C26H25N3OS2. The van der Waals surface area contributed by atoms with Crippen molar-refractivity contribution in [1.82, 2.24) is 9.97 Å². The molecule has 0 aliphatic heterocycles. The summed E-state index contributed by atoms with van der Waals surface area (Å²) in [7, 11) is 0. The van der Waals surface area contributed by atoms with Crippen molar-refractivity contribution >= 4 is 44.9 Å². The van der Waals surface area contributed by atoms with Gasteiger partial charge in [0.05, 0.1) is 12.3 Å². The molecule has 2 heterocycles. The third kappa shape index (κ3) is 4.43. The van der Waals surface area contributed by atoms with Gasteiger partial charge in [0.2, 0.25) is 5.91 Å². The van der Waals surface area contributed by atoms with Gasteiger partial charge in [-0.2, -0.15) is 0 Å². The maximum absolute atomic E-state index is 13.4. The summed E-state index contributed by atoms with van der Waals surface area (Å²) in [6, 6.07) is 20.0. The van der Waals surface area contributed by atoms with Crippen LogP contribution in [0.4, 0.5) is 5.69 Å². The first kappa shape index (κ1) is 21.2. The summed E-state index contributed by atoms with van der Waals surface area (Å²) in [4.78, 5) is 26.9. The van der Waals surface area contributed by atoms with E-state index in [1.807, 2.05) is 53.4 Å². The SMILES string of the molecule is C[C@H]1CCc2c(sc3ncnc(SCC(=O)N(Cc4ccccc4)c4ccccc4)c23)C1. The lowest BCUT2D eigenvalue weighted by Crippen LogP contribution is -2.31. The van der Waals surface area contributed by atoms with Gasteiger partial charge in [0.1, 0.15) is 16.2 Å². The number of carbonyl (C=O) groups excluding carboxylic acids is 1. The van der Waals surface area contributed by atoms with Crippen molar-refractivity contribution in [3.63, 3.8) is 0 Å². The number of rotatable bonds is 6. The molecule has 162 valence electrons. The third-order valence-corrected chi connectivity index (χ3v) is 8.08. The minimum atomic E-state index is 0.0783. The Morgan fingerprint density at radius 1 is 1.09 bits per heavy atom. The molecule has 0 saturated heterocycles. The van der Waals surface area contributed by atoms with Gasteiger partial charge >= 0.3 is 0 Å². The fourth-order valence-electron chi connectivity index (χ4n) is 4.26. The minimum Gasteiger partial charge on any atom is -0.307 e. The predicted molar refractivity (Wildman–Crippen MR) is 133 cm³/mol. The largest absolute Gasteiger partial charge is 0.307 e. The molecule has 5 rings (SSSR count). The summed E-state index contributed by atoms with van der Waals surface area (Å²) < 4.78 is 0. The van der Waals surface area contributed by atoms with Crippen LogP contribution in [0.1, 0.15) is 29.3 Å². The number of thioether (sulfide) groups is 1. The summed E-state index contributed by atoms with van der Waals surface area (Å²) in [6.45, 7) is 2.87. The second-order valence-electron chi connectivity index (χ2n) is 8.30. The lowest BCUT2D eigenvalue weighted by molar-refractivity contribution is -0.116. The maximum Gasteiger partial charge on any atom is 0.237 e. The van der Waals surface area contributed by atoms with E-state index < -0.39 is 0 Å². The van der Waals surface area contributed by atoms with Crippen LogP contribution >= 0.6 is 23.1 Å². The Morgan fingerprint density at radius 3 is 2.62 bits per heavy atom. The maximum atomic E-state index is 13.4.